The number of carbonyl (C=O) groups is 3. The molecule has 6 nitrogen and oxygen atoms in total. The predicted octanol–water partition coefficient (Wildman–Crippen LogP) is 1.97. The van der Waals surface area contributed by atoms with Gasteiger partial charge in [-0.2, -0.15) is 0 Å². The van der Waals surface area contributed by atoms with Gasteiger partial charge in [0, 0.05) is 0 Å². The van der Waals surface area contributed by atoms with Crippen molar-refractivity contribution in [1.82, 2.24) is 15.5 Å². The smallest absolute Gasteiger partial charge is 0.325 e. The van der Waals surface area contributed by atoms with Crippen LogP contribution >= 0.6 is 0 Å². The lowest BCUT2D eigenvalue weighted by Gasteiger charge is -2.23. The van der Waals surface area contributed by atoms with Gasteiger partial charge in [0.1, 0.15) is 12.1 Å². The van der Waals surface area contributed by atoms with Crippen LogP contribution in [0.4, 0.5) is 4.79 Å². The monoisotopic (exact) mass is 317 g/mol. The molecule has 0 aliphatic carbocycles. The maximum atomic E-state index is 12.5. The molecule has 4 amide bonds. The van der Waals surface area contributed by atoms with Crippen LogP contribution in [0.15, 0.2) is 30.3 Å². The molecular formula is C17H23N3O3. The van der Waals surface area contributed by atoms with E-state index >= 15 is 0 Å². The van der Waals surface area contributed by atoms with E-state index in [4.69, 9.17) is 0 Å². The minimum atomic E-state index is -0.873. The van der Waals surface area contributed by atoms with Gasteiger partial charge < -0.3 is 10.6 Å². The minimum Gasteiger partial charge on any atom is -0.348 e. The first-order valence-electron chi connectivity index (χ1n) is 7.92. The number of imide groups is 1. The molecule has 1 atom stereocenters. The molecule has 23 heavy (non-hydrogen) atoms. The van der Waals surface area contributed by atoms with E-state index in [9.17, 15) is 14.4 Å². The van der Waals surface area contributed by atoms with E-state index in [2.05, 4.69) is 10.6 Å². The molecule has 6 heteroatoms. The quantitative estimate of drug-likeness (QED) is 0.787. The van der Waals surface area contributed by atoms with Crippen molar-refractivity contribution < 1.29 is 14.4 Å². The molecule has 2 N–H and O–H groups in total. The summed E-state index contributed by atoms with van der Waals surface area (Å²) < 4.78 is 0. The lowest BCUT2D eigenvalue weighted by atomic mass is 9.93. The molecule has 0 saturated carbocycles. The van der Waals surface area contributed by atoms with Crippen molar-refractivity contribution in [2.45, 2.75) is 45.2 Å². The molecular weight excluding hydrogens is 294 g/mol. The van der Waals surface area contributed by atoms with Crippen molar-refractivity contribution in [2.75, 3.05) is 6.54 Å². The number of benzene rings is 1. The summed E-state index contributed by atoms with van der Waals surface area (Å²) >= 11 is 0. The van der Waals surface area contributed by atoms with Crippen molar-refractivity contribution in [1.29, 1.82) is 0 Å². The summed E-state index contributed by atoms with van der Waals surface area (Å²) in [5.74, 6) is -0.678. The number of nitrogens with zero attached hydrogens (tertiary/aromatic N) is 1. The topological polar surface area (TPSA) is 78.5 Å². The number of urea groups is 1. The second-order valence-corrected chi connectivity index (χ2v) is 5.81. The Bertz CT molecular complexity index is 596. The third kappa shape index (κ3) is 3.36. The third-order valence-electron chi connectivity index (χ3n) is 4.43. The average molecular weight is 317 g/mol. The molecule has 1 aromatic carbocycles. The number of hydrogen-bond donors (Lipinski definition) is 2. The molecule has 1 fully saturated rings. The van der Waals surface area contributed by atoms with Crippen molar-refractivity contribution in [3.05, 3.63) is 35.9 Å². The zero-order valence-electron chi connectivity index (χ0n) is 13.8. The fourth-order valence-corrected chi connectivity index (χ4v) is 2.80. The van der Waals surface area contributed by atoms with Crippen LogP contribution in [0.5, 0.6) is 0 Å². The Labute approximate surface area is 136 Å². The van der Waals surface area contributed by atoms with E-state index < -0.39 is 11.6 Å². The van der Waals surface area contributed by atoms with Crippen LogP contribution in [-0.4, -0.2) is 34.8 Å². The zero-order valence-corrected chi connectivity index (χ0v) is 13.8. The van der Waals surface area contributed by atoms with Gasteiger partial charge in [-0.05, 0) is 25.3 Å². The summed E-state index contributed by atoms with van der Waals surface area (Å²) in [4.78, 5) is 37.7. The Hall–Kier alpha value is -2.37. The Kier molecular flexibility index (Phi) is 5.03. The Morgan fingerprint density at radius 2 is 1.83 bits per heavy atom. The van der Waals surface area contributed by atoms with Crippen LogP contribution in [0.1, 0.15) is 45.2 Å². The largest absolute Gasteiger partial charge is 0.348 e. The summed E-state index contributed by atoms with van der Waals surface area (Å²) in [7, 11) is 0. The first kappa shape index (κ1) is 17.0. The summed E-state index contributed by atoms with van der Waals surface area (Å²) in [5.41, 5.74) is 0.0945. The second-order valence-electron chi connectivity index (χ2n) is 5.81. The normalized spacial score (nSPS) is 17.8. The van der Waals surface area contributed by atoms with Crippen LogP contribution in [0.25, 0.3) is 0 Å². The average Bonchev–Trinajstić information content (AvgIpc) is 2.80. The third-order valence-corrected chi connectivity index (χ3v) is 4.43. The van der Waals surface area contributed by atoms with Gasteiger partial charge >= 0.3 is 6.03 Å². The van der Waals surface area contributed by atoms with Gasteiger partial charge in [-0.1, -0.05) is 44.2 Å². The molecule has 1 aromatic rings. The van der Waals surface area contributed by atoms with Crippen LogP contribution in [0, 0.1) is 0 Å². The molecule has 1 aliphatic rings. The molecule has 0 aromatic heterocycles. The number of hydrogen-bond acceptors (Lipinski definition) is 3. The lowest BCUT2D eigenvalue weighted by molar-refractivity contribution is -0.135. The highest BCUT2D eigenvalue weighted by Crippen LogP contribution is 2.24. The summed E-state index contributed by atoms with van der Waals surface area (Å²) in [6.45, 7) is 5.30. The van der Waals surface area contributed by atoms with Gasteiger partial charge in [-0.3, -0.25) is 14.5 Å². The highest BCUT2D eigenvalue weighted by Gasteiger charge is 2.49. The van der Waals surface area contributed by atoms with Gasteiger partial charge in [-0.15, -0.1) is 0 Å². The Morgan fingerprint density at radius 1 is 1.22 bits per heavy atom. The van der Waals surface area contributed by atoms with Gasteiger partial charge in [0.25, 0.3) is 5.91 Å². The summed E-state index contributed by atoms with van der Waals surface area (Å²) in [6, 6.07) is 8.84. The molecule has 1 saturated heterocycles. The van der Waals surface area contributed by atoms with E-state index in [0.29, 0.717) is 12.8 Å². The van der Waals surface area contributed by atoms with E-state index in [1.54, 1.807) is 0 Å². The number of amides is 4. The first-order chi connectivity index (χ1) is 10.9. The van der Waals surface area contributed by atoms with Crippen molar-refractivity contribution >= 4 is 17.8 Å². The Balaban J connectivity index is 2.00. The highest BCUT2D eigenvalue weighted by molar-refractivity contribution is 6.09. The molecule has 0 radical (unpaired) electrons. The highest BCUT2D eigenvalue weighted by atomic mass is 16.2. The van der Waals surface area contributed by atoms with Crippen LogP contribution in [-0.2, 0) is 9.59 Å². The van der Waals surface area contributed by atoms with Crippen molar-refractivity contribution in [2.24, 2.45) is 0 Å². The SMILES string of the molecule is CCC1(CC)NC(=O)N(CC(=O)N[C@H](C)c2ccccc2)C1=O. The number of carbonyl (C=O) groups excluding carboxylic acids is 3. The zero-order chi connectivity index (χ0) is 17.0. The number of nitrogens with one attached hydrogen (secondary N) is 2. The fourth-order valence-electron chi connectivity index (χ4n) is 2.80. The molecule has 1 aliphatic heterocycles. The summed E-state index contributed by atoms with van der Waals surface area (Å²) in [6.07, 6.45) is 1.01. The van der Waals surface area contributed by atoms with Crippen LogP contribution < -0.4 is 10.6 Å². The lowest BCUT2D eigenvalue weighted by Crippen LogP contribution is -2.46. The molecule has 0 bridgehead atoms. The Morgan fingerprint density at radius 3 is 2.35 bits per heavy atom. The molecule has 1 heterocycles. The van der Waals surface area contributed by atoms with E-state index in [0.717, 1.165) is 10.5 Å². The predicted molar refractivity (Wildman–Crippen MR) is 86.6 cm³/mol. The van der Waals surface area contributed by atoms with E-state index in [1.165, 1.54) is 0 Å². The van der Waals surface area contributed by atoms with Crippen LogP contribution in [0.3, 0.4) is 0 Å². The maximum Gasteiger partial charge on any atom is 0.325 e. The van der Waals surface area contributed by atoms with E-state index in [1.807, 2.05) is 51.1 Å². The van der Waals surface area contributed by atoms with Gasteiger partial charge in [0.05, 0.1) is 6.04 Å². The van der Waals surface area contributed by atoms with E-state index in [-0.39, 0.29) is 24.4 Å². The fraction of sp³-hybridized carbons (Fsp3) is 0.471. The minimum absolute atomic E-state index is 0.188. The second kappa shape index (κ2) is 6.81. The van der Waals surface area contributed by atoms with Crippen molar-refractivity contribution in [3.8, 4) is 0 Å². The van der Waals surface area contributed by atoms with Crippen LogP contribution in [0.2, 0.25) is 0 Å². The van der Waals surface area contributed by atoms with Gasteiger partial charge in [0.15, 0.2) is 0 Å². The van der Waals surface area contributed by atoms with Crippen molar-refractivity contribution in [3.63, 3.8) is 0 Å². The molecule has 0 unspecified atom stereocenters. The maximum absolute atomic E-state index is 12.5. The number of rotatable bonds is 6. The first-order valence-corrected chi connectivity index (χ1v) is 7.92. The molecule has 0 spiro atoms. The summed E-state index contributed by atoms with van der Waals surface area (Å²) in [5, 5.41) is 5.53. The van der Waals surface area contributed by atoms with Gasteiger partial charge in [-0.25, -0.2) is 4.79 Å². The molecule has 2 rings (SSSR count). The van der Waals surface area contributed by atoms with Gasteiger partial charge in [0.2, 0.25) is 5.91 Å². The molecule has 124 valence electrons. The standard InChI is InChI=1S/C17H23N3O3/c1-4-17(5-2)15(22)20(16(23)19-17)11-14(21)18-12(3)13-9-7-6-8-10-13/h6-10,12H,4-5,11H2,1-3H3,(H,18,21)(H,19,23)/t12-/m1/s1.